The van der Waals surface area contributed by atoms with Crippen LogP contribution in [0.15, 0.2) is 53.7 Å². The SMILES string of the molecule is [2H]c1sc(N)nc1CC(=O)Nc1c([2H])c([2H])c(CC([2H])([2H])CC([2H])([2H])[C@]([2H])(O)c2c([2H])c([2H])c(C)c([2H])c2[2H])c([2H])c1[2H]. The molecule has 1 atom stereocenters. The lowest BCUT2D eigenvalue weighted by atomic mass is 10.0. The molecule has 0 aliphatic rings. The van der Waals surface area contributed by atoms with E-state index in [0.717, 1.165) is 11.3 Å². The van der Waals surface area contributed by atoms with Crippen LogP contribution < -0.4 is 11.1 Å². The summed E-state index contributed by atoms with van der Waals surface area (Å²) in [6, 6.07) is -5.87. The van der Waals surface area contributed by atoms with E-state index in [-0.39, 0.29) is 21.7 Å². The van der Waals surface area contributed by atoms with Gasteiger partial charge < -0.3 is 16.2 Å². The monoisotopic (exact) mass is 423 g/mol. The Morgan fingerprint density at radius 3 is 2.69 bits per heavy atom. The number of nitrogens with one attached hydrogen (secondary N) is 1. The molecular weight excluding hydrogens is 382 g/mol. The van der Waals surface area contributed by atoms with E-state index >= 15 is 0 Å². The van der Waals surface area contributed by atoms with Crippen LogP contribution in [0.4, 0.5) is 10.8 Å². The fraction of sp³-hybridized carbons (Fsp3) is 0.304. The van der Waals surface area contributed by atoms with Crippen molar-refractivity contribution >= 4 is 28.1 Å². The molecule has 0 spiro atoms. The number of nitrogens with two attached hydrogens (primary N) is 1. The van der Waals surface area contributed by atoms with Gasteiger partial charge in [0.1, 0.15) is 0 Å². The zero-order valence-electron chi connectivity index (χ0n) is 29.4. The number of nitrogens with zero attached hydrogens (tertiary/aromatic N) is 1. The van der Waals surface area contributed by atoms with E-state index in [4.69, 9.17) is 24.9 Å². The lowest BCUT2D eigenvalue weighted by molar-refractivity contribution is -0.115. The Morgan fingerprint density at radius 2 is 2.03 bits per heavy atom. The van der Waals surface area contributed by atoms with E-state index in [9.17, 15) is 9.90 Å². The zero-order chi connectivity index (χ0) is 33.0. The first-order valence-corrected chi connectivity index (χ1v) is 9.26. The van der Waals surface area contributed by atoms with E-state index in [2.05, 4.69) is 10.3 Å². The Bertz CT molecular complexity index is 1550. The second-order valence-corrected chi connectivity index (χ2v) is 6.63. The van der Waals surface area contributed by atoms with Gasteiger partial charge in [0.05, 0.1) is 31.9 Å². The van der Waals surface area contributed by atoms with Crippen LogP contribution in [0.1, 0.15) is 66.8 Å². The molecule has 29 heavy (non-hydrogen) atoms. The van der Waals surface area contributed by atoms with Crippen LogP contribution >= 0.6 is 11.3 Å². The number of benzene rings is 2. The maximum atomic E-state index is 12.5. The summed E-state index contributed by atoms with van der Waals surface area (Å²) in [4.78, 5) is 16.4. The van der Waals surface area contributed by atoms with Crippen molar-refractivity contribution in [3.05, 3.63) is 76.1 Å². The molecule has 0 aliphatic heterocycles. The number of carbonyl (C=O) groups is 1. The molecule has 0 radical (unpaired) electrons. The molecule has 2 aromatic carbocycles. The Labute approximate surface area is 195 Å². The third-order valence-electron chi connectivity index (χ3n) is 3.46. The van der Waals surface area contributed by atoms with Gasteiger partial charge in [-0.1, -0.05) is 48.2 Å². The van der Waals surface area contributed by atoms with Crippen LogP contribution in [-0.4, -0.2) is 16.0 Å². The predicted octanol–water partition coefficient (Wildman–Crippen LogP) is 4.66. The summed E-state index contributed by atoms with van der Waals surface area (Å²) in [6.07, 6.45) is -12.1. The van der Waals surface area contributed by atoms with Gasteiger partial charge in [-0.25, -0.2) is 4.98 Å². The molecule has 0 unspecified atom stereocenters. The van der Waals surface area contributed by atoms with E-state index in [1.54, 1.807) is 0 Å². The first-order valence-electron chi connectivity index (χ1n) is 15.4. The third-order valence-corrected chi connectivity index (χ3v) is 4.10. The molecule has 5 nitrogen and oxygen atoms in total. The van der Waals surface area contributed by atoms with E-state index in [1.165, 1.54) is 6.92 Å². The van der Waals surface area contributed by atoms with Crippen molar-refractivity contribution in [2.45, 2.75) is 45.0 Å². The Balaban J connectivity index is 1.92. The van der Waals surface area contributed by atoms with Crippen molar-refractivity contribution in [1.82, 2.24) is 4.98 Å². The highest BCUT2D eigenvalue weighted by Gasteiger charge is 2.08. The number of hydrogen-bond donors (Lipinski definition) is 3. The molecule has 0 aliphatic carbocycles. The van der Waals surface area contributed by atoms with Crippen LogP contribution in [0.2, 0.25) is 0 Å². The number of aromatic nitrogens is 1. The Kier molecular flexibility index (Phi) is 3.30. The third kappa shape index (κ3) is 6.69. The second-order valence-electron chi connectivity index (χ2n) is 5.81. The molecule has 1 aromatic heterocycles. The van der Waals surface area contributed by atoms with Crippen LogP contribution in [0.3, 0.4) is 0 Å². The fourth-order valence-electron chi connectivity index (χ4n) is 2.11. The molecule has 0 bridgehead atoms. The standard InChI is InChI=1S/C23H27N3O2S/c1-16-6-10-18(11-7-16)21(27)5-3-2-4-17-8-12-19(13-9-17)25-22(28)14-20-15-29-23(24)26-20/h6-13,15,21,27H,2-5,14H2,1H3,(H2,24,26)(H,25,28)/t21-/m0/s1/i2D2,5D2,6D,7D,8D,9D,10D,11D,12D,13D,15D,21D. The average molecular weight is 424 g/mol. The predicted molar refractivity (Wildman–Crippen MR) is 119 cm³/mol. The van der Waals surface area contributed by atoms with Crippen molar-refractivity contribution in [2.24, 2.45) is 0 Å². The van der Waals surface area contributed by atoms with Crippen molar-refractivity contribution in [3.8, 4) is 0 Å². The highest BCUT2D eigenvalue weighted by molar-refractivity contribution is 7.13. The molecule has 1 amide bonds. The summed E-state index contributed by atoms with van der Waals surface area (Å²) in [5.74, 6) is -0.809. The van der Waals surface area contributed by atoms with Gasteiger partial charge >= 0.3 is 0 Å². The first-order chi connectivity index (χ1) is 19.5. The fourth-order valence-corrected chi connectivity index (χ4v) is 2.60. The second kappa shape index (κ2) is 10.2. The van der Waals surface area contributed by atoms with Crippen molar-refractivity contribution in [1.29, 1.82) is 0 Å². The quantitative estimate of drug-likeness (QED) is 0.467. The van der Waals surface area contributed by atoms with Gasteiger partial charge in [0.2, 0.25) is 5.91 Å². The molecular formula is C23H27N3O2S. The minimum Gasteiger partial charge on any atom is -0.388 e. The lowest BCUT2D eigenvalue weighted by Crippen LogP contribution is -2.14. The van der Waals surface area contributed by atoms with Gasteiger partial charge in [-0.05, 0) is 49.3 Å². The van der Waals surface area contributed by atoms with Gasteiger partial charge in [-0.15, -0.1) is 11.3 Å². The lowest BCUT2D eigenvalue weighted by Gasteiger charge is -2.11. The van der Waals surface area contributed by atoms with Crippen LogP contribution in [-0.2, 0) is 17.6 Å². The summed E-state index contributed by atoms with van der Waals surface area (Å²) >= 11 is 0.837. The maximum absolute atomic E-state index is 12.5. The summed E-state index contributed by atoms with van der Waals surface area (Å²) in [6.45, 7) is 1.28. The minimum absolute atomic E-state index is 0.0438. The summed E-state index contributed by atoms with van der Waals surface area (Å²) in [7, 11) is 0. The molecule has 152 valence electrons. The van der Waals surface area contributed by atoms with Gasteiger partial charge in [0, 0.05) is 16.5 Å². The van der Waals surface area contributed by atoms with E-state index in [1.807, 2.05) is 0 Å². The van der Waals surface area contributed by atoms with Gasteiger partial charge in [-0.3, -0.25) is 4.79 Å². The van der Waals surface area contributed by atoms with E-state index in [0.29, 0.717) is 0 Å². The molecule has 0 saturated carbocycles. The number of amides is 1. The number of thiazole rings is 1. The number of anilines is 2. The summed E-state index contributed by atoms with van der Waals surface area (Å²) in [5.41, 5.74) is 3.48. The minimum atomic E-state index is -3.46. The zero-order valence-corrected chi connectivity index (χ0v) is 16.2. The average Bonchev–Trinajstić information content (AvgIpc) is 3.20. The summed E-state index contributed by atoms with van der Waals surface area (Å²) in [5, 5.41) is 13.1. The van der Waals surface area contributed by atoms with Crippen LogP contribution in [0.5, 0.6) is 0 Å². The first kappa shape index (κ1) is 9.41. The number of rotatable bonds is 9. The topological polar surface area (TPSA) is 88.2 Å². The van der Waals surface area contributed by atoms with Crippen LogP contribution in [0.25, 0.3) is 0 Å². The smallest absolute Gasteiger partial charge is 0.230 e. The number of aliphatic hydroxyl groups is 1. The highest BCUT2D eigenvalue weighted by atomic mass is 32.1. The van der Waals surface area contributed by atoms with Crippen molar-refractivity contribution in [2.75, 3.05) is 11.1 Å². The van der Waals surface area contributed by atoms with Crippen LogP contribution in [0, 0.1) is 6.92 Å². The molecule has 0 saturated heterocycles. The number of carbonyl (C=O) groups excluding carboxylic acids is 1. The van der Waals surface area contributed by atoms with Gasteiger partial charge in [0.25, 0.3) is 0 Å². The molecule has 3 aromatic rings. The number of hydrogen-bond acceptors (Lipinski definition) is 5. The molecule has 6 heteroatoms. The van der Waals surface area contributed by atoms with Gasteiger partial charge in [0.15, 0.2) is 5.13 Å². The largest absolute Gasteiger partial charge is 0.388 e. The Hall–Kier alpha value is -2.70. The highest BCUT2D eigenvalue weighted by Crippen LogP contribution is 2.21. The summed E-state index contributed by atoms with van der Waals surface area (Å²) < 4.78 is 115. The molecule has 0 fully saturated rings. The molecule has 3 rings (SSSR count). The van der Waals surface area contributed by atoms with Crippen molar-refractivity contribution in [3.63, 3.8) is 0 Å². The molecule has 4 N–H and O–H groups in total. The Morgan fingerprint density at radius 1 is 1.31 bits per heavy atom. The number of nitrogen functional groups attached to an aromatic ring is 1. The van der Waals surface area contributed by atoms with Gasteiger partial charge in [-0.2, -0.15) is 0 Å². The van der Waals surface area contributed by atoms with Crippen molar-refractivity contribution < 1.29 is 29.1 Å². The maximum Gasteiger partial charge on any atom is 0.230 e. The van der Waals surface area contributed by atoms with E-state index < -0.39 is 109 Å². The molecule has 1 heterocycles. The normalized spacial score (nSPS) is 20.9.